The lowest BCUT2D eigenvalue weighted by Gasteiger charge is -2.31. The number of aryl methyl sites for hydroxylation is 2. The number of alkyl halides is 1. The van der Waals surface area contributed by atoms with Crippen molar-refractivity contribution in [3.8, 4) is 0 Å². The van der Waals surface area contributed by atoms with Crippen molar-refractivity contribution in [2.24, 2.45) is 0 Å². The number of halogens is 3. The fourth-order valence-electron chi connectivity index (χ4n) is 3.14. The van der Waals surface area contributed by atoms with Gasteiger partial charge in [0, 0.05) is 19.2 Å². The zero-order valence-electron chi connectivity index (χ0n) is 19.2. The fourth-order valence-corrected chi connectivity index (χ4v) is 3.57. The average molecular weight is 502 g/mol. The molecule has 32 heavy (non-hydrogen) atoms. The van der Waals surface area contributed by atoms with Crippen LogP contribution in [-0.2, 0) is 20.7 Å². The quantitative estimate of drug-likeness (QED) is 0.420. The highest BCUT2D eigenvalue weighted by molar-refractivity contribution is 6.42. The number of rotatable bonds is 8. The zero-order valence-corrected chi connectivity index (χ0v) is 21.4. The number of nitrogens with one attached hydrogen (secondary N) is 1. The van der Waals surface area contributed by atoms with Crippen molar-refractivity contribution in [1.82, 2.24) is 0 Å². The number of carbonyl (C=O) groups is 2. The van der Waals surface area contributed by atoms with E-state index in [1.807, 2.05) is 26.0 Å². The van der Waals surface area contributed by atoms with E-state index in [9.17, 15) is 9.59 Å². The summed E-state index contributed by atoms with van der Waals surface area (Å²) in [6.45, 7) is 8.35. The van der Waals surface area contributed by atoms with Gasteiger partial charge in [-0.05, 0) is 49.6 Å². The number of benzene rings is 2. The molecule has 0 aromatic heterocycles. The summed E-state index contributed by atoms with van der Waals surface area (Å²) in [6.07, 6.45) is 1.32. The third kappa shape index (κ3) is 8.28. The molecule has 0 saturated carbocycles. The minimum atomic E-state index is -0.0878. The van der Waals surface area contributed by atoms with E-state index in [-0.39, 0.29) is 23.7 Å². The predicted octanol–water partition coefficient (Wildman–Crippen LogP) is 6.51. The predicted molar refractivity (Wildman–Crippen MR) is 135 cm³/mol. The van der Waals surface area contributed by atoms with E-state index in [2.05, 4.69) is 18.3 Å². The summed E-state index contributed by atoms with van der Waals surface area (Å²) < 4.78 is 5.18. The van der Waals surface area contributed by atoms with Crippen LogP contribution in [0.2, 0.25) is 10.0 Å². The van der Waals surface area contributed by atoms with Crippen LogP contribution in [0, 0.1) is 6.92 Å². The molecule has 1 atom stereocenters. The smallest absolute Gasteiger partial charge is 0.242 e. The van der Waals surface area contributed by atoms with E-state index in [0.29, 0.717) is 28.8 Å². The molecule has 0 aliphatic rings. The summed E-state index contributed by atoms with van der Waals surface area (Å²) in [7, 11) is 1.64. The number of carbonyl (C=O) groups excluding carboxylic acids is 2. The first-order chi connectivity index (χ1) is 15.2. The highest BCUT2D eigenvalue weighted by Gasteiger charge is 2.24. The van der Waals surface area contributed by atoms with Crippen LogP contribution in [0.3, 0.4) is 0 Å². The maximum Gasteiger partial charge on any atom is 0.242 e. The molecule has 0 saturated heterocycles. The number of methoxy groups -OCH3 is 1. The summed E-state index contributed by atoms with van der Waals surface area (Å²) >= 11 is 17.2. The molecule has 0 fully saturated rings. The highest BCUT2D eigenvalue weighted by atomic mass is 35.5. The molecule has 0 heterocycles. The van der Waals surface area contributed by atoms with Crippen LogP contribution in [0.1, 0.15) is 38.3 Å². The molecule has 2 aromatic carbocycles. The van der Waals surface area contributed by atoms with Crippen molar-refractivity contribution in [2.75, 3.05) is 29.8 Å². The number of anilines is 2. The lowest BCUT2D eigenvalue weighted by Crippen LogP contribution is -2.43. The third-order valence-corrected chi connectivity index (χ3v) is 5.67. The van der Waals surface area contributed by atoms with Crippen molar-refractivity contribution in [3.63, 3.8) is 0 Å². The van der Waals surface area contributed by atoms with Crippen molar-refractivity contribution in [3.05, 3.63) is 57.6 Å². The Bertz CT molecular complexity index is 906. The SMILES string of the molecule is CCC(=O)Nc1ccc(Cl)c(Cl)c1.CCc1cccc(C)c1N(C(=O)CCl)C(C)COC. The van der Waals surface area contributed by atoms with Crippen molar-refractivity contribution >= 4 is 58.0 Å². The molecule has 1 unspecified atom stereocenters. The van der Waals surface area contributed by atoms with Crippen LogP contribution in [0.25, 0.3) is 0 Å². The normalized spacial score (nSPS) is 11.2. The van der Waals surface area contributed by atoms with E-state index in [1.165, 1.54) is 0 Å². The molecular formula is C24H31Cl3N2O3. The minimum absolute atomic E-state index is 0.0223. The van der Waals surface area contributed by atoms with E-state index < -0.39 is 0 Å². The maximum atomic E-state index is 12.2. The Balaban J connectivity index is 0.000000343. The molecule has 5 nitrogen and oxygen atoms in total. The second-order valence-electron chi connectivity index (χ2n) is 7.17. The molecule has 1 N–H and O–H groups in total. The van der Waals surface area contributed by atoms with E-state index >= 15 is 0 Å². The van der Waals surface area contributed by atoms with Gasteiger partial charge in [0.25, 0.3) is 0 Å². The molecule has 0 radical (unpaired) electrons. The van der Waals surface area contributed by atoms with Gasteiger partial charge in [0.15, 0.2) is 0 Å². The Kier molecular flexibility index (Phi) is 12.7. The Hall–Kier alpha value is -1.79. The van der Waals surface area contributed by atoms with Crippen LogP contribution in [0.4, 0.5) is 11.4 Å². The van der Waals surface area contributed by atoms with Gasteiger partial charge in [-0.2, -0.15) is 0 Å². The van der Waals surface area contributed by atoms with Crippen LogP contribution < -0.4 is 10.2 Å². The summed E-state index contributed by atoms with van der Waals surface area (Å²) in [6, 6.07) is 11.0. The number of nitrogens with zero attached hydrogens (tertiary/aromatic N) is 1. The van der Waals surface area contributed by atoms with Crippen LogP contribution in [-0.4, -0.2) is 37.5 Å². The summed E-state index contributed by atoms with van der Waals surface area (Å²) in [5.41, 5.74) is 3.88. The first-order valence-electron chi connectivity index (χ1n) is 10.4. The van der Waals surface area contributed by atoms with Gasteiger partial charge >= 0.3 is 0 Å². The Morgan fingerprint density at radius 1 is 1.12 bits per heavy atom. The summed E-state index contributed by atoms with van der Waals surface area (Å²) in [5, 5.41) is 3.60. The van der Waals surface area contributed by atoms with Gasteiger partial charge in [0.05, 0.1) is 28.4 Å². The second-order valence-corrected chi connectivity index (χ2v) is 8.25. The molecular weight excluding hydrogens is 471 g/mol. The van der Waals surface area contributed by atoms with E-state index in [1.54, 1.807) is 37.1 Å². The lowest BCUT2D eigenvalue weighted by atomic mass is 10.0. The van der Waals surface area contributed by atoms with E-state index in [0.717, 1.165) is 23.2 Å². The maximum absolute atomic E-state index is 12.2. The molecule has 2 rings (SSSR count). The van der Waals surface area contributed by atoms with Gasteiger partial charge in [-0.3, -0.25) is 9.59 Å². The highest BCUT2D eigenvalue weighted by Crippen LogP contribution is 2.28. The largest absolute Gasteiger partial charge is 0.383 e. The van der Waals surface area contributed by atoms with Gasteiger partial charge in [0.1, 0.15) is 5.88 Å². The first kappa shape index (κ1) is 28.2. The van der Waals surface area contributed by atoms with Crippen LogP contribution in [0.15, 0.2) is 36.4 Å². The standard InChI is InChI=1S/C15H22ClNO2.C9H9Cl2NO/c1-5-13-8-6-7-11(2)15(13)17(14(18)9-16)12(3)10-19-4;1-2-9(13)12-6-3-4-7(10)8(11)5-6/h6-8,12H,5,9-10H2,1-4H3;3-5H,2H2,1H3,(H,12,13). The lowest BCUT2D eigenvalue weighted by molar-refractivity contribution is -0.117. The molecule has 8 heteroatoms. The van der Waals surface area contributed by atoms with Gasteiger partial charge in [0.2, 0.25) is 11.8 Å². The van der Waals surface area contributed by atoms with Gasteiger partial charge in [-0.15, -0.1) is 11.6 Å². The molecule has 2 amide bonds. The first-order valence-corrected chi connectivity index (χ1v) is 11.7. The fraction of sp³-hybridized carbons (Fsp3) is 0.417. The molecule has 0 bridgehead atoms. The van der Waals surface area contributed by atoms with Gasteiger partial charge < -0.3 is 15.0 Å². The topological polar surface area (TPSA) is 58.6 Å². The van der Waals surface area contributed by atoms with Crippen molar-refractivity contribution in [2.45, 2.75) is 46.6 Å². The second kappa shape index (κ2) is 14.4. The molecule has 2 aromatic rings. The summed E-state index contributed by atoms with van der Waals surface area (Å²) in [4.78, 5) is 24.9. The molecule has 0 spiro atoms. The number of para-hydroxylation sites is 1. The van der Waals surface area contributed by atoms with Crippen molar-refractivity contribution < 1.29 is 14.3 Å². The number of hydrogen-bond acceptors (Lipinski definition) is 3. The van der Waals surface area contributed by atoms with Crippen LogP contribution >= 0.6 is 34.8 Å². The van der Waals surface area contributed by atoms with Crippen molar-refractivity contribution in [1.29, 1.82) is 0 Å². The average Bonchev–Trinajstić information content (AvgIpc) is 2.77. The summed E-state index contributed by atoms with van der Waals surface area (Å²) in [5.74, 6) is -0.153. The van der Waals surface area contributed by atoms with Crippen LogP contribution in [0.5, 0.6) is 0 Å². The molecule has 176 valence electrons. The molecule has 0 aliphatic heterocycles. The zero-order chi connectivity index (χ0) is 24.3. The minimum Gasteiger partial charge on any atom is -0.383 e. The van der Waals surface area contributed by atoms with E-state index in [4.69, 9.17) is 39.5 Å². The Morgan fingerprint density at radius 2 is 1.81 bits per heavy atom. The van der Waals surface area contributed by atoms with Gasteiger partial charge in [-0.25, -0.2) is 0 Å². The van der Waals surface area contributed by atoms with Gasteiger partial charge in [-0.1, -0.05) is 55.2 Å². The Morgan fingerprint density at radius 3 is 2.34 bits per heavy atom. The number of amides is 2. The number of ether oxygens (including phenoxy) is 1. The molecule has 0 aliphatic carbocycles. The monoisotopic (exact) mass is 500 g/mol. The Labute approximate surface area is 206 Å². The third-order valence-electron chi connectivity index (χ3n) is 4.70. The number of hydrogen-bond donors (Lipinski definition) is 1.